The van der Waals surface area contributed by atoms with Crippen LogP contribution < -0.4 is 14.8 Å². The molecule has 1 spiro atoms. The first-order valence-corrected chi connectivity index (χ1v) is 8.79. The molecule has 23 heavy (non-hydrogen) atoms. The van der Waals surface area contributed by atoms with E-state index < -0.39 is 0 Å². The van der Waals surface area contributed by atoms with Gasteiger partial charge < -0.3 is 19.5 Å². The van der Waals surface area contributed by atoms with Crippen LogP contribution in [-0.2, 0) is 4.74 Å². The summed E-state index contributed by atoms with van der Waals surface area (Å²) in [5.41, 5.74) is 1.67. The number of hydrogen-bond acceptors (Lipinski definition) is 4. The summed E-state index contributed by atoms with van der Waals surface area (Å²) in [6.07, 6.45) is 5.74. The number of nitrogens with one attached hydrogen (secondary N) is 1. The molecule has 4 rings (SSSR count). The van der Waals surface area contributed by atoms with Gasteiger partial charge in [-0.1, -0.05) is 12.5 Å². The molecule has 1 aliphatic heterocycles. The zero-order valence-corrected chi connectivity index (χ0v) is 14.3. The molecule has 3 fully saturated rings. The minimum absolute atomic E-state index is 0.304. The van der Waals surface area contributed by atoms with Gasteiger partial charge in [-0.05, 0) is 43.9 Å². The van der Waals surface area contributed by atoms with Crippen LogP contribution in [0, 0.1) is 11.3 Å². The number of hydrogen-bond donors (Lipinski definition) is 1. The molecule has 2 aliphatic carbocycles. The first-order valence-electron chi connectivity index (χ1n) is 8.79. The molecule has 4 nitrogen and oxygen atoms in total. The van der Waals surface area contributed by atoms with Gasteiger partial charge >= 0.3 is 0 Å². The number of methoxy groups -OCH3 is 2. The van der Waals surface area contributed by atoms with Gasteiger partial charge in [0.2, 0.25) is 0 Å². The predicted molar refractivity (Wildman–Crippen MR) is 89.0 cm³/mol. The van der Waals surface area contributed by atoms with Gasteiger partial charge in [-0.3, -0.25) is 0 Å². The largest absolute Gasteiger partial charge is 0.493 e. The summed E-state index contributed by atoms with van der Waals surface area (Å²) in [7, 11) is 3.36. The van der Waals surface area contributed by atoms with E-state index in [1.54, 1.807) is 14.2 Å². The van der Waals surface area contributed by atoms with Gasteiger partial charge in [0.05, 0.1) is 20.3 Å². The van der Waals surface area contributed by atoms with Crippen LogP contribution in [0.2, 0.25) is 0 Å². The Kier molecular flexibility index (Phi) is 3.77. The summed E-state index contributed by atoms with van der Waals surface area (Å²) in [5, 5.41) is 3.91. The monoisotopic (exact) mass is 317 g/mol. The van der Waals surface area contributed by atoms with Gasteiger partial charge in [0.15, 0.2) is 11.5 Å². The zero-order chi connectivity index (χ0) is 16.0. The van der Waals surface area contributed by atoms with Crippen LogP contribution >= 0.6 is 0 Å². The molecule has 1 saturated heterocycles. The molecule has 1 aromatic carbocycles. The molecular formula is C19H27NO3. The Morgan fingerprint density at radius 2 is 2.00 bits per heavy atom. The Morgan fingerprint density at radius 3 is 2.65 bits per heavy atom. The summed E-state index contributed by atoms with van der Waals surface area (Å²) in [5.74, 6) is 2.29. The van der Waals surface area contributed by atoms with Crippen LogP contribution in [0.3, 0.4) is 0 Å². The number of benzene rings is 1. The summed E-state index contributed by atoms with van der Waals surface area (Å²) in [6, 6.07) is 7.12. The van der Waals surface area contributed by atoms with Gasteiger partial charge in [-0.25, -0.2) is 0 Å². The van der Waals surface area contributed by atoms with Crippen molar-refractivity contribution in [2.24, 2.45) is 11.3 Å². The maximum Gasteiger partial charge on any atom is 0.161 e. The van der Waals surface area contributed by atoms with Crippen LogP contribution in [0.15, 0.2) is 18.2 Å². The third kappa shape index (κ3) is 2.18. The molecule has 126 valence electrons. The van der Waals surface area contributed by atoms with Crippen LogP contribution in [0.1, 0.15) is 44.2 Å². The standard InChI is InChI=1S/C19H27NO3/c1-12(13-5-6-15(21-2)16(11-13)22-3)20-17-14-7-10-23-18(14)19(17)8-4-9-19/h5-6,11-12,14,17-18,20H,4,7-10H2,1-3H3/t12-,14-,17+,18+/m0/s1. The number of rotatable bonds is 5. The fourth-order valence-electron chi connectivity index (χ4n) is 4.98. The third-order valence-electron chi connectivity index (χ3n) is 6.37. The Balaban J connectivity index is 1.50. The summed E-state index contributed by atoms with van der Waals surface area (Å²) in [6.45, 7) is 3.19. The van der Waals surface area contributed by atoms with E-state index in [2.05, 4.69) is 24.4 Å². The fraction of sp³-hybridized carbons (Fsp3) is 0.684. The van der Waals surface area contributed by atoms with Gasteiger partial charge in [-0.15, -0.1) is 0 Å². The predicted octanol–water partition coefficient (Wildman–Crippen LogP) is 3.31. The van der Waals surface area contributed by atoms with Gasteiger partial charge in [-0.2, -0.15) is 0 Å². The number of ether oxygens (including phenoxy) is 3. The molecule has 0 bridgehead atoms. The van der Waals surface area contributed by atoms with E-state index >= 15 is 0 Å². The second-order valence-electron chi connectivity index (χ2n) is 7.31. The van der Waals surface area contributed by atoms with E-state index in [1.807, 2.05) is 6.07 Å². The molecule has 1 heterocycles. The van der Waals surface area contributed by atoms with Crippen molar-refractivity contribution in [3.63, 3.8) is 0 Å². The number of fused-ring (bicyclic) bond motifs is 2. The molecular weight excluding hydrogens is 290 g/mol. The summed E-state index contributed by atoms with van der Waals surface area (Å²) in [4.78, 5) is 0. The molecule has 0 radical (unpaired) electrons. The normalized spacial score (nSPS) is 31.9. The van der Waals surface area contributed by atoms with E-state index in [9.17, 15) is 0 Å². The quantitative estimate of drug-likeness (QED) is 0.904. The molecule has 4 heteroatoms. The van der Waals surface area contributed by atoms with Crippen LogP contribution in [0.4, 0.5) is 0 Å². The van der Waals surface area contributed by atoms with E-state index in [0.29, 0.717) is 29.5 Å². The molecule has 0 aromatic heterocycles. The second kappa shape index (κ2) is 5.67. The van der Waals surface area contributed by atoms with Gasteiger partial charge in [0.25, 0.3) is 0 Å². The van der Waals surface area contributed by atoms with Crippen LogP contribution in [0.5, 0.6) is 11.5 Å². The highest BCUT2D eigenvalue weighted by Crippen LogP contribution is 2.63. The lowest BCUT2D eigenvalue weighted by atomic mass is 9.46. The first kappa shape index (κ1) is 15.3. The molecule has 3 aliphatic rings. The molecule has 2 saturated carbocycles. The average Bonchev–Trinajstić information content (AvgIpc) is 2.95. The maximum atomic E-state index is 6.02. The van der Waals surface area contributed by atoms with E-state index in [4.69, 9.17) is 14.2 Å². The zero-order valence-electron chi connectivity index (χ0n) is 14.3. The van der Waals surface area contributed by atoms with Crippen molar-refractivity contribution in [1.29, 1.82) is 0 Å². The fourth-order valence-corrected chi connectivity index (χ4v) is 4.98. The Morgan fingerprint density at radius 1 is 1.22 bits per heavy atom. The second-order valence-corrected chi connectivity index (χ2v) is 7.31. The Hall–Kier alpha value is -1.26. The van der Waals surface area contributed by atoms with Crippen molar-refractivity contribution >= 4 is 0 Å². The summed E-state index contributed by atoms with van der Waals surface area (Å²) < 4.78 is 16.8. The lowest BCUT2D eigenvalue weighted by Crippen LogP contribution is -2.71. The van der Waals surface area contributed by atoms with E-state index in [1.165, 1.54) is 31.2 Å². The third-order valence-corrected chi connectivity index (χ3v) is 6.37. The minimum Gasteiger partial charge on any atom is -0.493 e. The highest BCUT2D eigenvalue weighted by atomic mass is 16.5. The average molecular weight is 317 g/mol. The lowest BCUT2D eigenvalue weighted by Gasteiger charge is -2.64. The smallest absolute Gasteiger partial charge is 0.161 e. The van der Waals surface area contributed by atoms with Crippen LogP contribution in [0.25, 0.3) is 0 Å². The van der Waals surface area contributed by atoms with Gasteiger partial charge in [0, 0.05) is 30.0 Å². The van der Waals surface area contributed by atoms with E-state index in [-0.39, 0.29) is 0 Å². The molecule has 4 atom stereocenters. The molecule has 1 N–H and O–H groups in total. The minimum atomic E-state index is 0.304. The highest BCUT2D eigenvalue weighted by molar-refractivity contribution is 5.43. The maximum absolute atomic E-state index is 6.02. The molecule has 1 aromatic rings. The molecule has 0 unspecified atom stereocenters. The molecule has 0 amide bonds. The van der Waals surface area contributed by atoms with Gasteiger partial charge in [0.1, 0.15) is 0 Å². The first-order chi connectivity index (χ1) is 11.2. The van der Waals surface area contributed by atoms with E-state index in [0.717, 1.165) is 18.1 Å². The van der Waals surface area contributed by atoms with Crippen molar-refractivity contribution < 1.29 is 14.2 Å². The van der Waals surface area contributed by atoms with Crippen molar-refractivity contribution in [1.82, 2.24) is 5.32 Å². The SMILES string of the molecule is COc1ccc([C@H](C)N[C@@H]2[C@@H]3CCO[C@H]3C23CCC3)cc1OC. The van der Waals surface area contributed by atoms with Crippen molar-refractivity contribution in [2.75, 3.05) is 20.8 Å². The van der Waals surface area contributed by atoms with Crippen molar-refractivity contribution in [3.8, 4) is 11.5 Å². The Labute approximate surface area is 138 Å². The van der Waals surface area contributed by atoms with Crippen LogP contribution in [-0.4, -0.2) is 33.0 Å². The topological polar surface area (TPSA) is 39.7 Å². The Bertz CT molecular complexity index is 584. The highest BCUT2D eigenvalue weighted by Gasteiger charge is 2.66. The van der Waals surface area contributed by atoms with Crippen molar-refractivity contribution in [3.05, 3.63) is 23.8 Å². The summed E-state index contributed by atoms with van der Waals surface area (Å²) >= 11 is 0. The van der Waals surface area contributed by atoms with Crippen molar-refractivity contribution in [2.45, 2.75) is 50.8 Å². The lowest BCUT2D eigenvalue weighted by molar-refractivity contribution is -0.178.